The molecule has 1 atom stereocenters. The van der Waals surface area contributed by atoms with E-state index in [9.17, 15) is 24.6 Å². The first-order chi connectivity index (χ1) is 23.0. The van der Waals surface area contributed by atoms with E-state index in [4.69, 9.17) is 4.74 Å². The Labute approximate surface area is 285 Å². The van der Waals surface area contributed by atoms with Gasteiger partial charge in [-0.2, -0.15) is 0 Å². The fourth-order valence-corrected chi connectivity index (χ4v) is 7.88. The van der Waals surface area contributed by atoms with E-state index in [0.717, 1.165) is 62.0 Å². The van der Waals surface area contributed by atoms with Crippen LogP contribution in [0.4, 0.5) is 15.3 Å². The van der Waals surface area contributed by atoms with Crippen LogP contribution in [-0.4, -0.2) is 133 Å². The summed E-state index contributed by atoms with van der Waals surface area (Å²) in [6, 6.07) is 11.8. The number of para-hydroxylation sites is 1. The van der Waals surface area contributed by atoms with Gasteiger partial charge in [0.15, 0.2) is 6.10 Å². The molecule has 4 amide bonds. The molecule has 0 bridgehead atoms. The van der Waals surface area contributed by atoms with Crippen LogP contribution in [-0.2, 0) is 22.4 Å². The number of nitrogens with one attached hydrogen (secondary N) is 1. The van der Waals surface area contributed by atoms with Gasteiger partial charge in [0.25, 0.3) is 5.91 Å². The molecule has 0 aliphatic carbocycles. The largest absolute Gasteiger partial charge is 0.509 e. The molecule has 256 valence electrons. The minimum absolute atomic E-state index is 0.0102. The molecule has 48 heavy (non-hydrogen) atoms. The Morgan fingerprint density at radius 1 is 0.938 bits per heavy atom. The number of hydrogen-bond donors (Lipinski definition) is 3. The monoisotopic (exact) mass is 657 g/mol. The number of benzene rings is 2. The molecule has 13 heteroatoms. The van der Waals surface area contributed by atoms with Crippen molar-refractivity contribution in [3.63, 3.8) is 0 Å². The number of anilines is 1. The van der Waals surface area contributed by atoms with Crippen LogP contribution in [0.25, 0.3) is 0 Å². The number of urea groups is 1. The summed E-state index contributed by atoms with van der Waals surface area (Å²) >= 11 is 0. The van der Waals surface area contributed by atoms with Crippen molar-refractivity contribution in [1.82, 2.24) is 19.6 Å². The summed E-state index contributed by atoms with van der Waals surface area (Å²) in [4.78, 5) is 48.5. The number of rotatable bonds is 6. The summed E-state index contributed by atoms with van der Waals surface area (Å²) < 4.78 is 6.05. The zero-order chi connectivity index (χ0) is 34.0. The van der Waals surface area contributed by atoms with Crippen molar-refractivity contribution >= 4 is 50.3 Å². The molecule has 2 aromatic carbocycles. The Bertz CT molecular complexity index is 1480. The molecule has 0 aromatic heterocycles. The van der Waals surface area contributed by atoms with Crippen molar-refractivity contribution in [3.8, 4) is 5.75 Å². The number of nitrogens with zero attached hydrogens (tertiary/aromatic N) is 4. The van der Waals surface area contributed by atoms with Crippen LogP contribution in [0, 0.1) is 0 Å². The second-order valence-corrected chi connectivity index (χ2v) is 14.5. The molecule has 4 aliphatic heterocycles. The number of aromatic hydroxyl groups is 1. The average molecular weight is 657 g/mol. The predicted octanol–water partition coefficient (Wildman–Crippen LogP) is 0.349. The van der Waals surface area contributed by atoms with Gasteiger partial charge in [-0.15, -0.1) is 0 Å². The van der Waals surface area contributed by atoms with Crippen LogP contribution < -0.4 is 16.2 Å². The van der Waals surface area contributed by atoms with Crippen LogP contribution >= 0.6 is 0 Å². The number of fused-ring (bicyclic) bond motifs is 1. The Kier molecular flexibility index (Phi) is 10.3. The third kappa shape index (κ3) is 7.78. The van der Waals surface area contributed by atoms with E-state index in [2.05, 4.69) is 10.2 Å². The van der Waals surface area contributed by atoms with Crippen LogP contribution in [0.1, 0.15) is 56.6 Å². The first-order valence-corrected chi connectivity index (χ1v) is 17.6. The number of aliphatic hydroxyl groups is 1. The molecular weight excluding hydrogens is 608 g/mol. The molecule has 0 unspecified atom stereocenters. The second kappa shape index (κ2) is 14.4. The Morgan fingerprint density at radius 2 is 1.54 bits per heavy atom. The van der Waals surface area contributed by atoms with Crippen molar-refractivity contribution < 1.29 is 29.3 Å². The zero-order valence-electron chi connectivity index (χ0n) is 28.6. The van der Waals surface area contributed by atoms with E-state index in [1.165, 1.54) is 0 Å². The fourth-order valence-electron chi connectivity index (χ4n) is 7.88. The standard InChI is InChI=1S/C35H49B2N5O6/c1-35(47)11-18-39(19-12-35)25-7-13-40(14-8-25)32(44)30(22-23-20-27(36)31(43)28(37)21-23)48-34(46)41-15-9-26(10-16-41)42-17-6-24-4-2-3-5-29(24)38-33(42)45/h2-5,20-21,25-26,30,43,47H,6-19,22,36-37H2,1H3,(H,38,45)/t30-/m1/s1. The van der Waals surface area contributed by atoms with Crippen molar-refractivity contribution in [2.24, 2.45) is 0 Å². The molecule has 0 radical (unpaired) electrons. The van der Waals surface area contributed by atoms with E-state index in [1.807, 2.05) is 68.8 Å². The highest BCUT2D eigenvalue weighted by Gasteiger charge is 2.37. The summed E-state index contributed by atoms with van der Waals surface area (Å²) in [6.45, 7) is 6.29. The molecule has 2 aromatic rings. The van der Waals surface area contributed by atoms with Crippen molar-refractivity contribution in [2.75, 3.05) is 51.1 Å². The molecule has 4 aliphatic rings. The number of hydrogen-bond acceptors (Lipinski definition) is 7. The predicted molar refractivity (Wildman–Crippen MR) is 190 cm³/mol. The topological polar surface area (TPSA) is 126 Å². The SMILES string of the molecule is Bc1cc(C[C@@H](OC(=O)N2CCC(N3CCc4ccccc4NC3=O)CC2)C(=O)N2CCC(N3CCC(C)(O)CC3)CC2)cc(B)c1O. The van der Waals surface area contributed by atoms with Gasteiger partial charge >= 0.3 is 12.1 Å². The Morgan fingerprint density at radius 3 is 2.21 bits per heavy atom. The fraction of sp³-hybridized carbons (Fsp3) is 0.571. The van der Waals surface area contributed by atoms with Gasteiger partial charge in [0.05, 0.1) is 5.60 Å². The zero-order valence-corrected chi connectivity index (χ0v) is 28.6. The van der Waals surface area contributed by atoms with Gasteiger partial charge in [0.2, 0.25) is 0 Å². The molecule has 3 N–H and O–H groups in total. The Hall–Kier alpha value is -3.70. The summed E-state index contributed by atoms with van der Waals surface area (Å²) in [5, 5.41) is 23.7. The highest BCUT2D eigenvalue weighted by Crippen LogP contribution is 2.28. The van der Waals surface area contributed by atoms with Gasteiger partial charge in [-0.3, -0.25) is 4.79 Å². The number of carbonyl (C=O) groups is 3. The van der Waals surface area contributed by atoms with E-state index in [1.54, 1.807) is 4.90 Å². The number of phenols is 1. The van der Waals surface area contributed by atoms with Gasteiger partial charge in [-0.1, -0.05) is 30.3 Å². The van der Waals surface area contributed by atoms with Gasteiger partial charge in [-0.05, 0) is 80.0 Å². The molecule has 3 fully saturated rings. The lowest BCUT2D eigenvalue weighted by Gasteiger charge is -2.43. The van der Waals surface area contributed by atoms with Crippen molar-refractivity contribution in [1.29, 1.82) is 0 Å². The lowest BCUT2D eigenvalue weighted by atomic mass is 9.83. The molecular formula is C35H49B2N5O6. The second-order valence-electron chi connectivity index (χ2n) is 14.5. The van der Waals surface area contributed by atoms with Gasteiger partial charge < -0.3 is 39.9 Å². The number of amides is 4. The highest BCUT2D eigenvalue weighted by atomic mass is 16.6. The maximum atomic E-state index is 14.0. The number of likely N-dealkylation sites (tertiary alicyclic amines) is 3. The number of piperidine rings is 3. The van der Waals surface area contributed by atoms with Crippen LogP contribution in [0.2, 0.25) is 0 Å². The number of ether oxygens (including phenoxy) is 1. The molecule has 11 nitrogen and oxygen atoms in total. The normalized spacial score (nSPS) is 21.6. The lowest BCUT2D eigenvalue weighted by Crippen LogP contribution is -2.54. The van der Waals surface area contributed by atoms with Gasteiger partial charge in [-0.25, -0.2) is 9.59 Å². The van der Waals surface area contributed by atoms with Crippen LogP contribution in [0.5, 0.6) is 5.75 Å². The summed E-state index contributed by atoms with van der Waals surface area (Å²) in [6.07, 6.45) is 3.95. The molecule has 0 spiro atoms. The van der Waals surface area contributed by atoms with E-state index < -0.39 is 17.8 Å². The van der Waals surface area contributed by atoms with Crippen molar-refractivity contribution in [2.45, 2.75) is 82.1 Å². The van der Waals surface area contributed by atoms with Crippen LogP contribution in [0.3, 0.4) is 0 Å². The quantitative estimate of drug-likeness (QED) is 0.383. The van der Waals surface area contributed by atoms with Crippen LogP contribution in [0.15, 0.2) is 36.4 Å². The molecule has 0 saturated carbocycles. The average Bonchev–Trinajstić information content (AvgIpc) is 3.24. The summed E-state index contributed by atoms with van der Waals surface area (Å²) in [5.74, 6) is 0.0345. The molecule has 6 rings (SSSR count). The number of carbonyl (C=O) groups excluding carboxylic acids is 3. The molecule has 4 heterocycles. The maximum Gasteiger partial charge on any atom is 0.410 e. The third-order valence-corrected chi connectivity index (χ3v) is 11.0. The minimum atomic E-state index is -0.991. The van der Waals surface area contributed by atoms with E-state index >= 15 is 0 Å². The van der Waals surface area contributed by atoms with E-state index in [0.29, 0.717) is 62.5 Å². The first kappa shape index (κ1) is 34.2. The maximum absolute atomic E-state index is 14.0. The minimum Gasteiger partial charge on any atom is -0.509 e. The van der Waals surface area contributed by atoms with E-state index in [-0.39, 0.29) is 30.2 Å². The van der Waals surface area contributed by atoms with Gasteiger partial charge in [0.1, 0.15) is 21.4 Å². The van der Waals surface area contributed by atoms with Crippen molar-refractivity contribution in [3.05, 3.63) is 47.5 Å². The Balaban J connectivity index is 1.08. The summed E-state index contributed by atoms with van der Waals surface area (Å²) in [5.41, 5.74) is 3.63. The first-order valence-electron chi connectivity index (χ1n) is 17.6. The smallest absolute Gasteiger partial charge is 0.410 e. The summed E-state index contributed by atoms with van der Waals surface area (Å²) in [7, 11) is 3.65. The molecule has 3 saturated heterocycles. The highest BCUT2D eigenvalue weighted by molar-refractivity contribution is 6.41. The van der Waals surface area contributed by atoms with Gasteiger partial charge in [0, 0.05) is 70.0 Å². The lowest BCUT2D eigenvalue weighted by molar-refractivity contribution is -0.142. The number of phenolic OH excluding ortho intramolecular Hbond substituents is 1. The third-order valence-electron chi connectivity index (χ3n) is 11.0.